The van der Waals surface area contributed by atoms with Crippen molar-refractivity contribution in [3.63, 3.8) is 0 Å². The molecule has 0 aromatic carbocycles. The van der Waals surface area contributed by atoms with Gasteiger partial charge < -0.3 is 15.4 Å². The molecule has 1 fully saturated rings. The van der Waals surface area contributed by atoms with Gasteiger partial charge in [-0.25, -0.2) is 4.98 Å². The predicted octanol–water partition coefficient (Wildman–Crippen LogP) is 2.47. The monoisotopic (exact) mass is 348 g/mol. The first-order valence-corrected chi connectivity index (χ1v) is 8.79. The van der Waals surface area contributed by atoms with Crippen molar-refractivity contribution in [2.24, 2.45) is 0 Å². The van der Waals surface area contributed by atoms with Crippen molar-refractivity contribution in [2.45, 2.75) is 39.3 Å². The number of halogens is 1. The minimum Gasteiger partial charge on any atom is -0.377 e. The second-order valence-electron chi connectivity index (χ2n) is 5.54. The maximum absolute atomic E-state index is 6.02. The molecule has 2 N–H and O–H groups in total. The molecule has 0 amide bonds. The average molecular weight is 349 g/mol. The molecule has 1 aliphatic rings. The van der Waals surface area contributed by atoms with Crippen LogP contribution in [0.5, 0.6) is 0 Å². The summed E-state index contributed by atoms with van der Waals surface area (Å²) in [6.07, 6.45) is 4.59. The summed E-state index contributed by atoms with van der Waals surface area (Å²) in [6, 6.07) is 0. The van der Waals surface area contributed by atoms with Crippen molar-refractivity contribution in [1.82, 2.24) is 14.8 Å². The molecule has 0 atom stereocenters. The Kier molecular flexibility index (Phi) is 9.28. The number of likely N-dealkylation sites (tertiary alicyclic amines) is 1. The Morgan fingerprint density at radius 1 is 1.36 bits per heavy atom. The van der Waals surface area contributed by atoms with Crippen LogP contribution < -0.4 is 5.73 Å². The van der Waals surface area contributed by atoms with E-state index in [9.17, 15) is 0 Å². The molecule has 128 valence electrons. The highest BCUT2D eigenvalue weighted by Gasteiger charge is 2.20. The van der Waals surface area contributed by atoms with Crippen LogP contribution in [0, 0.1) is 0 Å². The summed E-state index contributed by atoms with van der Waals surface area (Å²) in [5.41, 5.74) is 5.67. The number of likely N-dealkylation sites (N-methyl/N-ethyl adjacent to an activating group) is 1. The maximum atomic E-state index is 6.02. The predicted molar refractivity (Wildman–Crippen MR) is 95.8 cm³/mol. The van der Waals surface area contributed by atoms with Gasteiger partial charge in [-0.3, -0.25) is 4.90 Å². The number of anilines is 1. The molecule has 0 bridgehead atoms. The third-order valence-corrected chi connectivity index (χ3v) is 4.95. The van der Waals surface area contributed by atoms with E-state index in [1.165, 1.54) is 4.88 Å². The van der Waals surface area contributed by atoms with E-state index in [0.29, 0.717) is 11.2 Å². The van der Waals surface area contributed by atoms with Crippen LogP contribution in [0.4, 0.5) is 5.13 Å². The molecular formula is C15H29ClN4OS. The number of nitrogens with zero attached hydrogens (tertiary/aromatic N) is 3. The first-order chi connectivity index (χ1) is 10.2. The molecule has 0 aliphatic carbocycles. The summed E-state index contributed by atoms with van der Waals surface area (Å²) in [4.78, 5) is 10.2. The molecule has 7 heteroatoms. The number of nitrogen functional groups attached to an aromatic ring is 1. The molecule has 5 nitrogen and oxygen atoms in total. The molecule has 2 heterocycles. The molecule has 0 saturated carbocycles. The standard InChI is InChI=1S/C15H28N4OS.ClH/c1-3-18(4-2)9-10-20-13-5-7-19(8-6-13)12-14-11-17-15(16)21-14;/h11,13H,3-10,12H2,1-2H3,(H2,16,17);1H. The van der Waals surface area contributed by atoms with Gasteiger partial charge in [0.15, 0.2) is 5.13 Å². The van der Waals surface area contributed by atoms with E-state index in [4.69, 9.17) is 10.5 Å². The van der Waals surface area contributed by atoms with Gasteiger partial charge >= 0.3 is 0 Å². The van der Waals surface area contributed by atoms with Crippen LogP contribution in [0.25, 0.3) is 0 Å². The molecule has 0 unspecified atom stereocenters. The third-order valence-electron chi connectivity index (χ3n) is 4.14. The third kappa shape index (κ3) is 6.38. The van der Waals surface area contributed by atoms with Crippen LogP contribution in [-0.2, 0) is 11.3 Å². The highest BCUT2D eigenvalue weighted by molar-refractivity contribution is 7.15. The lowest BCUT2D eigenvalue weighted by Gasteiger charge is -2.32. The van der Waals surface area contributed by atoms with Gasteiger partial charge in [0.2, 0.25) is 0 Å². The van der Waals surface area contributed by atoms with Gasteiger partial charge in [0.25, 0.3) is 0 Å². The fourth-order valence-electron chi connectivity index (χ4n) is 2.74. The van der Waals surface area contributed by atoms with E-state index < -0.39 is 0 Å². The van der Waals surface area contributed by atoms with E-state index in [1.807, 2.05) is 6.20 Å². The van der Waals surface area contributed by atoms with Crippen molar-refractivity contribution in [3.05, 3.63) is 11.1 Å². The zero-order chi connectivity index (χ0) is 15.1. The zero-order valence-corrected chi connectivity index (χ0v) is 15.3. The molecule has 2 rings (SSSR count). The van der Waals surface area contributed by atoms with Gasteiger partial charge in [-0.15, -0.1) is 23.7 Å². The molecule has 22 heavy (non-hydrogen) atoms. The highest BCUT2D eigenvalue weighted by atomic mass is 35.5. The van der Waals surface area contributed by atoms with E-state index in [2.05, 4.69) is 28.6 Å². The summed E-state index contributed by atoms with van der Waals surface area (Å²) in [7, 11) is 0. The lowest BCUT2D eigenvalue weighted by atomic mass is 10.1. The van der Waals surface area contributed by atoms with Crippen LogP contribution >= 0.6 is 23.7 Å². The minimum atomic E-state index is 0. The molecule has 1 saturated heterocycles. The largest absolute Gasteiger partial charge is 0.377 e. The number of piperidine rings is 1. The van der Waals surface area contributed by atoms with Gasteiger partial charge in [-0.05, 0) is 25.9 Å². The first-order valence-electron chi connectivity index (χ1n) is 7.97. The molecular weight excluding hydrogens is 320 g/mol. The van der Waals surface area contributed by atoms with Gasteiger partial charge in [0.05, 0.1) is 12.7 Å². The number of ether oxygens (including phenoxy) is 1. The lowest BCUT2D eigenvalue weighted by Crippen LogP contribution is -2.37. The molecule has 1 aromatic heterocycles. The Morgan fingerprint density at radius 2 is 2.05 bits per heavy atom. The fraction of sp³-hybridized carbons (Fsp3) is 0.800. The number of hydrogen-bond donors (Lipinski definition) is 1. The quantitative estimate of drug-likeness (QED) is 0.782. The highest BCUT2D eigenvalue weighted by Crippen LogP contribution is 2.20. The SMILES string of the molecule is CCN(CC)CCOC1CCN(Cc2cnc(N)s2)CC1.Cl. The molecule has 1 aromatic rings. The maximum Gasteiger partial charge on any atom is 0.180 e. The Labute approximate surface area is 144 Å². The van der Waals surface area contributed by atoms with Crippen molar-refractivity contribution in [3.8, 4) is 0 Å². The van der Waals surface area contributed by atoms with Crippen molar-refractivity contribution < 1.29 is 4.74 Å². The Bertz CT molecular complexity index is 406. The number of nitrogens with two attached hydrogens (primary N) is 1. The van der Waals surface area contributed by atoms with Gasteiger partial charge in [0, 0.05) is 37.3 Å². The number of hydrogen-bond acceptors (Lipinski definition) is 6. The number of aromatic nitrogens is 1. The van der Waals surface area contributed by atoms with E-state index in [1.54, 1.807) is 11.3 Å². The van der Waals surface area contributed by atoms with Gasteiger partial charge in [-0.1, -0.05) is 13.8 Å². The summed E-state index contributed by atoms with van der Waals surface area (Å²) in [5, 5.41) is 0.666. The Balaban J connectivity index is 0.00000242. The average Bonchev–Trinajstić information content (AvgIpc) is 2.90. The van der Waals surface area contributed by atoms with E-state index >= 15 is 0 Å². The number of rotatable bonds is 8. The number of thiazole rings is 1. The minimum absolute atomic E-state index is 0. The summed E-state index contributed by atoms with van der Waals surface area (Å²) < 4.78 is 6.02. The van der Waals surface area contributed by atoms with Crippen LogP contribution in [0.15, 0.2) is 6.20 Å². The summed E-state index contributed by atoms with van der Waals surface area (Å²) in [6.45, 7) is 11.7. The van der Waals surface area contributed by atoms with Crippen molar-refractivity contribution in [2.75, 3.05) is 45.1 Å². The second kappa shape index (κ2) is 10.4. The van der Waals surface area contributed by atoms with Crippen LogP contribution in [0.3, 0.4) is 0 Å². The zero-order valence-electron chi connectivity index (χ0n) is 13.7. The van der Waals surface area contributed by atoms with Gasteiger partial charge in [-0.2, -0.15) is 0 Å². The fourth-order valence-corrected chi connectivity index (χ4v) is 3.47. The summed E-state index contributed by atoms with van der Waals surface area (Å²) >= 11 is 1.59. The second-order valence-corrected chi connectivity index (χ2v) is 6.68. The lowest BCUT2D eigenvalue weighted by molar-refractivity contribution is -0.00207. The Morgan fingerprint density at radius 3 is 2.59 bits per heavy atom. The Hall–Kier alpha value is -0.400. The van der Waals surface area contributed by atoms with Crippen molar-refractivity contribution >= 4 is 28.9 Å². The normalized spacial score (nSPS) is 16.9. The molecule has 0 spiro atoms. The van der Waals surface area contributed by atoms with Crippen molar-refractivity contribution in [1.29, 1.82) is 0 Å². The molecule has 0 radical (unpaired) electrons. The van der Waals surface area contributed by atoms with Crippen LogP contribution in [0.1, 0.15) is 31.6 Å². The van der Waals surface area contributed by atoms with E-state index in [-0.39, 0.29) is 12.4 Å². The topological polar surface area (TPSA) is 54.6 Å². The first kappa shape index (κ1) is 19.6. The van der Waals surface area contributed by atoms with Gasteiger partial charge in [0.1, 0.15) is 0 Å². The van der Waals surface area contributed by atoms with Crippen LogP contribution in [-0.4, -0.2) is 60.2 Å². The summed E-state index contributed by atoms with van der Waals surface area (Å²) in [5.74, 6) is 0. The van der Waals surface area contributed by atoms with Crippen LogP contribution in [0.2, 0.25) is 0 Å². The smallest absolute Gasteiger partial charge is 0.180 e. The van der Waals surface area contributed by atoms with E-state index in [0.717, 1.165) is 58.7 Å². The molecule has 1 aliphatic heterocycles.